The molecule has 1 aromatic carbocycles. The summed E-state index contributed by atoms with van der Waals surface area (Å²) >= 11 is 0. The maximum absolute atomic E-state index is 12.4. The molecule has 5 heteroatoms. The molecule has 0 fully saturated rings. The molecule has 2 aliphatic heterocycles. The summed E-state index contributed by atoms with van der Waals surface area (Å²) in [5.41, 5.74) is 3.86. The molecule has 1 aromatic heterocycles. The predicted molar refractivity (Wildman–Crippen MR) is 100 cm³/mol. The second-order valence-electron chi connectivity index (χ2n) is 6.98. The van der Waals surface area contributed by atoms with E-state index in [2.05, 4.69) is 17.0 Å². The number of anilines is 1. The standard InChI is InChI=1S/C21H21NO4/c1-13-10-18(24)19(21(25)26-13)17(23)7-6-14-11-15-4-2-8-22-9-3-5-16(12-14)20(15)22/h6-7,10-12,24H,2-5,8-9H2,1H3/b7-6+. The molecule has 3 heterocycles. The van der Waals surface area contributed by atoms with E-state index in [1.807, 2.05) is 0 Å². The Hall–Kier alpha value is -2.82. The SMILES string of the molecule is Cc1cc(O)c(C(=O)/C=C/c2cc3c4c(c2)CCCN4CCC3)c(=O)o1. The van der Waals surface area contributed by atoms with Gasteiger partial charge in [-0.3, -0.25) is 4.79 Å². The van der Waals surface area contributed by atoms with Crippen LogP contribution < -0.4 is 10.5 Å². The molecule has 0 aliphatic carbocycles. The average molecular weight is 351 g/mol. The fraction of sp³-hybridized carbons (Fsp3) is 0.333. The molecule has 0 bridgehead atoms. The quantitative estimate of drug-likeness (QED) is 0.679. The van der Waals surface area contributed by atoms with Crippen LogP contribution >= 0.6 is 0 Å². The van der Waals surface area contributed by atoms with Crippen LogP contribution in [0.3, 0.4) is 0 Å². The number of carbonyl (C=O) groups is 1. The maximum Gasteiger partial charge on any atom is 0.351 e. The number of aromatic hydroxyl groups is 1. The summed E-state index contributed by atoms with van der Waals surface area (Å²) in [6, 6.07) is 5.52. The topological polar surface area (TPSA) is 70.8 Å². The zero-order chi connectivity index (χ0) is 18.3. The van der Waals surface area contributed by atoms with Crippen LogP contribution in [0.5, 0.6) is 5.75 Å². The number of rotatable bonds is 3. The van der Waals surface area contributed by atoms with Crippen LogP contribution in [0.25, 0.3) is 6.08 Å². The van der Waals surface area contributed by atoms with E-state index in [9.17, 15) is 14.7 Å². The van der Waals surface area contributed by atoms with Crippen LogP contribution in [0.1, 0.15) is 45.7 Å². The Balaban J connectivity index is 1.66. The number of hydrogen-bond donors (Lipinski definition) is 1. The number of allylic oxidation sites excluding steroid dienone is 1. The molecule has 2 aromatic rings. The molecule has 0 spiro atoms. The van der Waals surface area contributed by atoms with Crippen LogP contribution in [0.15, 0.2) is 33.5 Å². The van der Waals surface area contributed by atoms with E-state index < -0.39 is 11.4 Å². The van der Waals surface area contributed by atoms with E-state index in [1.54, 1.807) is 13.0 Å². The van der Waals surface area contributed by atoms with Gasteiger partial charge in [-0.1, -0.05) is 6.08 Å². The van der Waals surface area contributed by atoms with Crippen molar-refractivity contribution in [3.8, 4) is 5.75 Å². The van der Waals surface area contributed by atoms with E-state index in [1.165, 1.54) is 29.0 Å². The summed E-state index contributed by atoms with van der Waals surface area (Å²) in [5.74, 6) is -0.625. The molecule has 0 saturated carbocycles. The minimum absolute atomic E-state index is 0.270. The predicted octanol–water partition coefficient (Wildman–Crippen LogP) is 3.25. The largest absolute Gasteiger partial charge is 0.507 e. The number of nitrogens with zero attached hydrogens (tertiary/aromatic N) is 1. The van der Waals surface area contributed by atoms with Gasteiger partial charge in [0.1, 0.15) is 17.1 Å². The molecule has 0 unspecified atom stereocenters. The Kier molecular flexibility index (Phi) is 4.15. The second kappa shape index (κ2) is 6.48. The zero-order valence-corrected chi connectivity index (χ0v) is 14.7. The Labute approximate surface area is 151 Å². The van der Waals surface area contributed by atoms with E-state index in [0.29, 0.717) is 0 Å². The lowest BCUT2D eigenvalue weighted by Gasteiger charge is -2.37. The normalized spacial score (nSPS) is 16.0. The van der Waals surface area contributed by atoms with Crippen LogP contribution in [-0.4, -0.2) is 24.0 Å². The third kappa shape index (κ3) is 2.94. The zero-order valence-electron chi connectivity index (χ0n) is 14.7. The summed E-state index contributed by atoms with van der Waals surface area (Å²) < 4.78 is 4.92. The number of hydrogen-bond acceptors (Lipinski definition) is 5. The third-order valence-electron chi connectivity index (χ3n) is 5.08. The smallest absolute Gasteiger partial charge is 0.351 e. The lowest BCUT2D eigenvalue weighted by molar-refractivity contribution is 0.104. The van der Waals surface area contributed by atoms with Gasteiger partial charge in [-0.2, -0.15) is 0 Å². The molecule has 26 heavy (non-hydrogen) atoms. The Morgan fingerprint density at radius 1 is 1.15 bits per heavy atom. The van der Waals surface area contributed by atoms with Gasteiger partial charge in [-0.25, -0.2) is 4.79 Å². The van der Waals surface area contributed by atoms with Gasteiger partial charge in [0.25, 0.3) is 0 Å². The van der Waals surface area contributed by atoms with Crippen molar-refractivity contribution < 1.29 is 14.3 Å². The van der Waals surface area contributed by atoms with Crippen molar-refractivity contribution in [2.45, 2.75) is 32.6 Å². The highest BCUT2D eigenvalue weighted by Crippen LogP contribution is 2.36. The van der Waals surface area contributed by atoms with E-state index in [-0.39, 0.29) is 17.1 Å². The number of ketones is 1. The fourth-order valence-electron chi connectivity index (χ4n) is 4.00. The van der Waals surface area contributed by atoms with Gasteiger partial charge in [-0.15, -0.1) is 0 Å². The van der Waals surface area contributed by atoms with Gasteiger partial charge in [0.2, 0.25) is 0 Å². The Morgan fingerprint density at radius 3 is 2.42 bits per heavy atom. The van der Waals surface area contributed by atoms with Gasteiger partial charge in [0, 0.05) is 24.8 Å². The first kappa shape index (κ1) is 16.6. The van der Waals surface area contributed by atoms with Crippen LogP contribution in [-0.2, 0) is 12.8 Å². The van der Waals surface area contributed by atoms with Crippen molar-refractivity contribution in [1.82, 2.24) is 0 Å². The van der Waals surface area contributed by atoms with Crippen molar-refractivity contribution in [2.24, 2.45) is 0 Å². The van der Waals surface area contributed by atoms with Gasteiger partial charge in [0.05, 0.1) is 0 Å². The van der Waals surface area contributed by atoms with Crippen molar-refractivity contribution in [2.75, 3.05) is 18.0 Å². The lowest BCUT2D eigenvalue weighted by atomic mass is 9.90. The molecule has 0 radical (unpaired) electrons. The van der Waals surface area contributed by atoms with Gasteiger partial charge in [-0.05, 0) is 67.5 Å². The highest BCUT2D eigenvalue weighted by molar-refractivity contribution is 6.08. The minimum Gasteiger partial charge on any atom is -0.507 e. The van der Waals surface area contributed by atoms with E-state index in [0.717, 1.165) is 44.3 Å². The highest BCUT2D eigenvalue weighted by atomic mass is 16.4. The summed E-state index contributed by atoms with van der Waals surface area (Å²) in [7, 11) is 0. The summed E-state index contributed by atoms with van der Waals surface area (Å²) in [4.78, 5) is 26.7. The van der Waals surface area contributed by atoms with Gasteiger partial charge >= 0.3 is 5.63 Å². The van der Waals surface area contributed by atoms with Crippen LogP contribution in [0, 0.1) is 6.92 Å². The van der Waals surface area contributed by atoms with Gasteiger partial charge in [0.15, 0.2) is 5.78 Å². The first-order chi connectivity index (χ1) is 12.5. The molecule has 4 rings (SSSR count). The molecule has 1 N–H and O–H groups in total. The number of benzene rings is 1. The Bertz CT molecular complexity index is 939. The number of carbonyl (C=O) groups excluding carboxylic acids is 1. The lowest BCUT2D eigenvalue weighted by Crippen LogP contribution is -2.34. The van der Waals surface area contributed by atoms with Crippen molar-refractivity contribution in [1.29, 1.82) is 0 Å². The molecule has 5 nitrogen and oxygen atoms in total. The highest BCUT2D eigenvalue weighted by Gasteiger charge is 2.24. The van der Waals surface area contributed by atoms with Gasteiger partial charge < -0.3 is 14.4 Å². The monoisotopic (exact) mass is 351 g/mol. The molecule has 0 amide bonds. The number of aryl methyl sites for hydroxylation is 3. The maximum atomic E-state index is 12.4. The summed E-state index contributed by atoms with van der Waals surface area (Å²) in [6.07, 6.45) is 7.45. The third-order valence-corrected chi connectivity index (χ3v) is 5.08. The van der Waals surface area contributed by atoms with Crippen molar-refractivity contribution >= 4 is 17.5 Å². The first-order valence-electron chi connectivity index (χ1n) is 9.00. The second-order valence-corrected chi connectivity index (χ2v) is 6.98. The van der Waals surface area contributed by atoms with Crippen LogP contribution in [0.2, 0.25) is 0 Å². The van der Waals surface area contributed by atoms with Crippen molar-refractivity contribution in [3.63, 3.8) is 0 Å². The first-order valence-corrected chi connectivity index (χ1v) is 9.00. The summed E-state index contributed by atoms with van der Waals surface area (Å²) in [5, 5.41) is 9.90. The molecular formula is C21H21NO4. The van der Waals surface area contributed by atoms with Crippen LogP contribution in [0.4, 0.5) is 5.69 Å². The van der Waals surface area contributed by atoms with E-state index >= 15 is 0 Å². The minimum atomic E-state index is -0.812. The fourth-order valence-corrected chi connectivity index (χ4v) is 4.00. The summed E-state index contributed by atoms with van der Waals surface area (Å²) in [6.45, 7) is 3.79. The average Bonchev–Trinajstić information content (AvgIpc) is 2.59. The van der Waals surface area contributed by atoms with Crippen molar-refractivity contribution in [3.05, 3.63) is 62.7 Å². The molecule has 0 saturated heterocycles. The molecule has 0 atom stereocenters. The Morgan fingerprint density at radius 2 is 1.81 bits per heavy atom. The molecular weight excluding hydrogens is 330 g/mol. The molecule has 134 valence electrons. The van der Waals surface area contributed by atoms with E-state index in [4.69, 9.17) is 4.42 Å². The molecule has 2 aliphatic rings.